The lowest BCUT2D eigenvalue weighted by Crippen LogP contribution is -2.19. The SMILES string of the molecule is COc1ccc(N)c(N(C)Cc2ccc(F)cc2)n1. The highest BCUT2D eigenvalue weighted by molar-refractivity contribution is 5.63. The largest absolute Gasteiger partial charge is 0.481 e. The molecular formula is C14H16FN3O. The van der Waals surface area contributed by atoms with Crippen molar-refractivity contribution in [3.05, 3.63) is 47.8 Å². The summed E-state index contributed by atoms with van der Waals surface area (Å²) in [7, 11) is 3.43. The Kier molecular flexibility index (Phi) is 3.85. The number of ether oxygens (including phenoxy) is 1. The zero-order valence-electron chi connectivity index (χ0n) is 10.9. The van der Waals surface area contributed by atoms with E-state index in [1.165, 1.54) is 12.1 Å². The number of halogens is 1. The van der Waals surface area contributed by atoms with Crippen molar-refractivity contribution in [3.8, 4) is 5.88 Å². The number of methoxy groups -OCH3 is 1. The molecule has 1 heterocycles. The summed E-state index contributed by atoms with van der Waals surface area (Å²) in [6, 6.07) is 9.81. The van der Waals surface area contributed by atoms with Crippen LogP contribution in [0.5, 0.6) is 5.88 Å². The van der Waals surface area contributed by atoms with Crippen LogP contribution >= 0.6 is 0 Å². The fourth-order valence-corrected chi connectivity index (χ4v) is 1.80. The molecule has 0 radical (unpaired) electrons. The standard InChI is InChI=1S/C14H16FN3O/c1-18(9-10-3-5-11(15)6-4-10)14-12(16)7-8-13(17-14)19-2/h3-8H,9,16H2,1-2H3. The van der Waals surface area contributed by atoms with Crippen LogP contribution in [0.15, 0.2) is 36.4 Å². The molecule has 0 unspecified atom stereocenters. The lowest BCUT2D eigenvalue weighted by molar-refractivity contribution is 0.398. The predicted molar refractivity (Wildman–Crippen MR) is 73.7 cm³/mol. The molecule has 0 spiro atoms. The van der Waals surface area contributed by atoms with Crippen molar-refractivity contribution in [1.29, 1.82) is 0 Å². The first kappa shape index (κ1) is 13.1. The molecule has 0 bridgehead atoms. The van der Waals surface area contributed by atoms with Crippen LogP contribution in [0.4, 0.5) is 15.9 Å². The van der Waals surface area contributed by atoms with Crippen molar-refractivity contribution in [2.75, 3.05) is 24.8 Å². The van der Waals surface area contributed by atoms with Crippen LogP contribution in [0.2, 0.25) is 0 Å². The van der Waals surface area contributed by atoms with Crippen LogP contribution in [0.1, 0.15) is 5.56 Å². The average molecular weight is 261 g/mol. The normalized spacial score (nSPS) is 10.3. The number of nitrogen functional groups attached to an aromatic ring is 1. The molecule has 0 aliphatic heterocycles. The van der Waals surface area contributed by atoms with E-state index in [1.807, 2.05) is 11.9 Å². The number of rotatable bonds is 4. The maximum atomic E-state index is 12.8. The maximum absolute atomic E-state index is 12.8. The molecule has 19 heavy (non-hydrogen) atoms. The van der Waals surface area contributed by atoms with Crippen molar-refractivity contribution in [2.24, 2.45) is 0 Å². The molecule has 0 amide bonds. The molecule has 1 aromatic carbocycles. The first-order valence-electron chi connectivity index (χ1n) is 5.86. The van der Waals surface area contributed by atoms with Crippen LogP contribution in [-0.4, -0.2) is 19.1 Å². The number of aromatic nitrogens is 1. The van der Waals surface area contributed by atoms with Crippen molar-refractivity contribution in [2.45, 2.75) is 6.54 Å². The van der Waals surface area contributed by atoms with E-state index in [-0.39, 0.29) is 5.82 Å². The predicted octanol–water partition coefficient (Wildman–Crippen LogP) is 2.45. The molecule has 0 fully saturated rings. The average Bonchev–Trinajstić information content (AvgIpc) is 2.42. The summed E-state index contributed by atoms with van der Waals surface area (Å²) in [5, 5.41) is 0. The quantitative estimate of drug-likeness (QED) is 0.918. The summed E-state index contributed by atoms with van der Waals surface area (Å²) < 4.78 is 17.9. The van der Waals surface area contributed by atoms with Gasteiger partial charge < -0.3 is 15.4 Å². The molecule has 0 aliphatic rings. The van der Waals surface area contributed by atoms with Crippen LogP contribution in [-0.2, 0) is 6.54 Å². The molecule has 0 saturated heterocycles. The number of hydrogen-bond donors (Lipinski definition) is 1. The first-order chi connectivity index (χ1) is 9.10. The highest BCUT2D eigenvalue weighted by Gasteiger charge is 2.09. The van der Waals surface area contributed by atoms with Gasteiger partial charge >= 0.3 is 0 Å². The molecule has 2 rings (SSSR count). The van der Waals surface area contributed by atoms with Gasteiger partial charge in [0.25, 0.3) is 0 Å². The molecule has 0 saturated carbocycles. The third kappa shape index (κ3) is 3.13. The van der Waals surface area contributed by atoms with Gasteiger partial charge in [-0.25, -0.2) is 4.39 Å². The first-order valence-corrected chi connectivity index (χ1v) is 5.86. The highest BCUT2D eigenvalue weighted by Crippen LogP contribution is 2.24. The van der Waals surface area contributed by atoms with Gasteiger partial charge in [0.1, 0.15) is 5.82 Å². The van der Waals surface area contributed by atoms with Gasteiger partial charge in [-0.05, 0) is 23.8 Å². The summed E-state index contributed by atoms with van der Waals surface area (Å²) in [5.74, 6) is 0.907. The lowest BCUT2D eigenvalue weighted by Gasteiger charge is -2.20. The van der Waals surface area contributed by atoms with Gasteiger partial charge in [0.15, 0.2) is 5.82 Å². The van der Waals surface area contributed by atoms with E-state index >= 15 is 0 Å². The number of pyridine rings is 1. The molecule has 1 aromatic heterocycles. The second kappa shape index (κ2) is 5.56. The topological polar surface area (TPSA) is 51.4 Å². The molecule has 0 atom stereocenters. The zero-order chi connectivity index (χ0) is 13.8. The fourth-order valence-electron chi connectivity index (χ4n) is 1.80. The van der Waals surface area contributed by atoms with Crippen LogP contribution in [0.3, 0.4) is 0 Å². The van der Waals surface area contributed by atoms with Gasteiger partial charge in [-0.2, -0.15) is 4.98 Å². The Morgan fingerprint density at radius 2 is 1.89 bits per heavy atom. The van der Waals surface area contributed by atoms with Crippen molar-refractivity contribution >= 4 is 11.5 Å². The second-order valence-corrected chi connectivity index (χ2v) is 4.25. The Bertz CT molecular complexity index is 557. The van der Waals surface area contributed by atoms with E-state index in [1.54, 1.807) is 31.4 Å². The molecule has 2 aromatic rings. The molecule has 4 nitrogen and oxygen atoms in total. The minimum atomic E-state index is -0.245. The van der Waals surface area contributed by atoms with E-state index in [2.05, 4.69) is 4.98 Å². The smallest absolute Gasteiger partial charge is 0.215 e. The fraction of sp³-hybridized carbons (Fsp3) is 0.214. The molecular weight excluding hydrogens is 245 g/mol. The van der Waals surface area contributed by atoms with Gasteiger partial charge in [-0.3, -0.25) is 0 Å². The van der Waals surface area contributed by atoms with Gasteiger partial charge in [0.05, 0.1) is 12.8 Å². The Hall–Kier alpha value is -2.30. The van der Waals surface area contributed by atoms with Crippen molar-refractivity contribution < 1.29 is 9.13 Å². The monoisotopic (exact) mass is 261 g/mol. The Morgan fingerprint density at radius 1 is 1.21 bits per heavy atom. The molecule has 0 aliphatic carbocycles. The Balaban J connectivity index is 2.19. The Labute approximate surface area is 111 Å². The van der Waals surface area contributed by atoms with Crippen molar-refractivity contribution in [3.63, 3.8) is 0 Å². The number of nitrogens with zero attached hydrogens (tertiary/aromatic N) is 2. The third-order valence-corrected chi connectivity index (χ3v) is 2.78. The highest BCUT2D eigenvalue weighted by atomic mass is 19.1. The van der Waals surface area contributed by atoms with Gasteiger partial charge in [-0.15, -0.1) is 0 Å². The number of anilines is 2. The molecule has 5 heteroatoms. The summed E-state index contributed by atoms with van der Waals surface area (Å²) in [4.78, 5) is 6.20. The van der Waals surface area contributed by atoms with E-state index in [9.17, 15) is 4.39 Å². The number of nitrogens with two attached hydrogens (primary N) is 1. The third-order valence-electron chi connectivity index (χ3n) is 2.78. The minimum Gasteiger partial charge on any atom is -0.481 e. The summed E-state index contributed by atoms with van der Waals surface area (Å²) in [6.07, 6.45) is 0. The van der Waals surface area contributed by atoms with E-state index < -0.39 is 0 Å². The van der Waals surface area contributed by atoms with Crippen LogP contribution < -0.4 is 15.4 Å². The summed E-state index contributed by atoms with van der Waals surface area (Å²) in [6.45, 7) is 0.588. The minimum absolute atomic E-state index is 0.245. The van der Waals surface area contributed by atoms with Gasteiger partial charge in [0, 0.05) is 19.7 Å². The lowest BCUT2D eigenvalue weighted by atomic mass is 10.2. The molecule has 2 N–H and O–H groups in total. The van der Waals surface area contributed by atoms with Gasteiger partial charge in [-0.1, -0.05) is 12.1 Å². The van der Waals surface area contributed by atoms with Crippen LogP contribution in [0, 0.1) is 5.82 Å². The Morgan fingerprint density at radius 3 is 2.53 bits per heavy atom. The van der Waals surface area contributed by atoms with Gasteiger partial charge in [0.2, 0.25) is 5.88 Å². The van der Waals surface area contributed by atoms with Crippen LogP contribution in [0.25, 0.3) is 0 Å². The molecule has 100 valence electrons. The zero-order valence-corrected chi connectivity index (χ0v) is 10.9. The number of benzene rings is 1. The van der Waals surface area contributed by atoms with Crippen molar-refractivity contribution in [1.82, 2.24) is 4.98 Å². The van der Waals surface area contributed by atoms with E-state index in [0.717, 1.165) is 5.56 Å². The number of hydrogen-bond acceptors (Lipinski definition) is 4. The van der Waals surface area contributed by atoms with E-state index in [0.29, 0.717) is 23.9 Å². The maximum Gasteiger partial charge on any atom is 0.215 e. The summed E-state index contributed by atoms with van der Waals surface area (Å²) in [5.41, 5.74) is 7.46. The van der Waals surface area contributed by atoms with E-state index in [4.69, 9.17) is 10.5 Å². The second-order valence-electron chi connectivity index (χ2n) is 4.25. The summed E-state index contributed by atoms with van der Waals surface area (Å²) >= 11 is 0.